The van der Waals surface area contributed by atoms with Gasteiger partial charge in [-0.15, -0.1) is 0 Å². The number of hydrogen-bond acceptors (Lipinski definition) is 4. The maximum absolute atomic E-state index is 12.0. The lowest BCUT2D eigenvalue weighted by Gasteiger charge is -2.14. The van der Waals surface area contributed by atoms with Gasteiger partial charge in [0.25, 0.3) is 5.91 Å². The molecule has 1 heterocycles. The topological polar surface area (TPSA) is 68.3 Å². The number of nitrogens with zero attached hydrogens (tertiary/aromatic N) is 1. The lowest BCUT2D eigenvalue weighted by Crippen LogP contribution is -2.30. The van der Waals surface area contributed by atoms with Gasteiger partial charge in [0, 0.05) is 6.20 Å². The van der Waals surface area contributed by atoms with Gasteiger partial charge in [-0.25, -0.2) is 9.78 Å². The number of carbonyl (C=O) groups excluding carboxylic acids is 2. The van der Waals surface area contributed by atoms with Crippen LogP contribution < -0.4 is 5.32 Å². The fourth-order valence-corrected chi connectivity index (χ4v) is 1.94. The zero-order valence-electron chi connectivity index (χ0n) is 11.5. The molecular formula is C15H12Cl2N2O3. The van der Waals surface area contributed by atoms with Gasteiger partial charge in [0.2, 0.25) is 0 Å². The number of amides is 1. The van der Waals surface area contributed by atoms with Crippen LogP contribution in [-0.4, -0.2) is 23.0 Å². The van der Waals surface area contributed by atoms with Crippen LogP contribution in [-0.2, 0) is 9.53 Å². The molecule has 0 fully saturated rings. The van der Waals surface area contributed by atoms with E-state index in [-0.39, 0.29) is 10.7 Å². The Bertz CT molecular complexity index is 692. The van der Waals surface area contributed by atoms with Crippen LogP contribution in [0.5, 0.6) is 0 Å². The summed E-state index contributed by atoms with van der Waals surface area (Å²) in [6.07, 6.45) is 0.456. The van der Waals surface area contributed by atoms with Crippen molar-refractivity contribution in [2.75, 3.05) is 5.32 Å². The number of carbonyl (C=O) groups is 2. The average molecular weight is 339 g/mol. The second-order valence-corrected chi connectivity index (χ2v) is 5.14. The van der Waals surface area contributed by atoms with Gasteiger partial charge >= 0.3 is 5.97 Å². The van der Waals surface area contributed by atoms with Gasteiger partial charge in [-0.1, -0.05) is 35.3 Å². The number of esters is 1. The molecule has 1 amide bonds. The monoisotopic (exact) mass is 338 g/mol. The van der Waals surface area contributed by atoms with Gasteiger partial charge in [-0.05, 0) is 31.2 Å². The van der Waals surface area contributed by atoms with E-state index in [1.165, 1.54) is 19.2 Å². The molecule has 1 aromatic carbocycles. The third-order valence-electron chi connectivity index (χ3n) is 2.74. The van der Waals surface area contributed by atoms with E-state index in [1.54, 1.807) is 30.3 Å². The Balaban J connectivity index is 2.01. The number of nitrogens with one attached hydrogen (secondary N) is 1. The zero-order chi connectivity index (χ0) is 16.1. The molecule has 22 heavy (non-hydrogen) atoms. The maximum Gasteiger partial charge on any atom is 0.357 e. The second kappa shape index (κ2) is 7.24. The fraction of sp³-hybridized carbons (Fsp3) is 0.133. The standard InChI is InChI=1S/C15H12Cl2N2O3/c1-9(22-15(21)12-6-2-3-8-18-12)14(20)19-11-7-4-5-10(16)13(11)17/h2-9H,1H3,(H,19,20)/t9-/m1/s1. The first-order valence-corrected chi connectivity index (χ1v) is 7.11. The Morgan fingerprint density at radius 1 is 1.18 bits per heavy atom. The van der Waals surface area contributed by atoms with E-state index < -0.39 is 18.0 Å². The number of pyridine rings is 1. The van der Waals surface area contributed by atoms with E-state index in [4.69, 9.17) is 27.9 Å². The molecular weight excluding hydrogens is 327 g/mol. The largest absolute Gasteiger partial charge is 0.448 e. The number of ether oxygens (including phenoxy) is 1. The van der Waals surface area contributed by atoms with E-state index in [0.717, 1.165) is 0 Å². The van der Waals surface area contributed by atoms with Crippen molar-refractivity contribution in [2.45, 2.75) is 13.0 Å². The molecule has 5 nitrogen and oxygen atoms in total. The summed E-state index contributed by atoms with van der Waals surface area (Å²) in [6, 6.07) is 9.67. The Morgan fingerprint density at radius 3 is 2.64 bits per heavy atom. The predicted molar refractivity (Wildman–Crippen MR) is 84.2 cm³/mol. The summed E-state index contributed by atoms with van der Waals surface area (Å²) in [7, 11) is 0. The van der Waals surface area contributed by atoms with Crippen molar-refractivity contribution in [2.24, 2.45) is 0 Å². The van der Waals surface area contributed by atoms with Crippen LogP contribution in [0.15, 0.2) is 42.6 Å². The van der Waals surface area contributed by atoms with Crippen molar-refractivity contribution in [3.05, 3.63) is 58.3 Å². The minimum Gasteiger partial charge on any atom is -0.448 e. The molecule has 2 aromatic rings. The highest BCUT2D eigenvalue weighted by Gasteiger charge is 2.20. The first-order valence-electron chi connectivity index (χ1n) is 6.36. The Kier molecular flexibility index (Phi) is 5.35. The van der Waals surface area contributed by atoms with Crippen LogP contribution in [0, 0.1) is 0 Å². The van der Waals surface area contributed by atoms with Crippen molar-refractivity contribution in [3.8, 4) is 0 Å². The third kappa shape index (κ3) is 3.96. The summed E-state index contributed by atoms with van der Waals surface area (Å²) in [5.41, 5.74) is 0.475. The minimum absolute atomic E-state index is 0.128. The highest BCUT2D eigenvalue weighted by molar-refractivity contribution is 6.44. The maximum atomic E-state index is 12.0. The molecule has 2 rings (SSSR count). The highest BCUT2D eigenvalue weighted by atomic mass is 35.5. The molecule has 1 aromatic heterocycles. The van der Waals surface area contributed by atoms with Crippen LogP contribution in [0.2, 0.25) is 10.0 Å². The molecule has 1 N–H and O–H groups in total. The van der Waals surface area contributed by atoms with Crippen molar-refractivity contribution in [3.63, 3.8) is 0 Å². The lowest BCUT2D eigenvalue weighted by atomic mass is 10.3. The number of aromatic nitrogens is 1. The van der Waals surface area contributed by atoms with Crippen molar-refractivity contribution in [1.29, 1.82) is 0 Å². The van der Waals surface area contributed by atoms with Crippen molar-refractivity contribution >= 4 is 40.8 Å². The van der Waals surface area contributed by atoms with Crippen LogP contribution in [0.25, 0.3) is 0 Å². The average Bonchev–Trinajstić information content (AvgIpc) is 2.52. The van der Waals surface area contributed by atoms with Crippen molar-refractivity contribution in [1.82, 2.24) is 4.98 Å². The van der Waals surface area contributed by atoms with E-state index in [1.807, 2.05) is 0 Å². The quantitative estimate of drug-likeness (QED) is 0.865. The SMILES string of the molecule is C[C@@H](OC(=O)c1ccccn1)C(=O)Nc1cccc(Cl)c1Cl. The number of anilines is 1. The first-order chi connectivity index (χ1) is 10.5. The molecule has 0 aliphatic carbocycles. The molecule has 0 aliphatic heterocycles. The lowest BCUT2D eigenvalue weighted by molar-refractivity contribution is -0.123. The Labute approximate surface area is 137 Å². The van der Waals surface area contributed by atoms with Crippen LogP contribution >= 0.6 is 23.2 Å². The smallest absolute Gasteiger partial charge is 0.357 e. The molecule has 0 radical (unpaired) electrons. The first kappa shape index (κ1) is 16.3. The van der Waals surface area contributed by atoms with Crippen LogP contribution in [0.1, 0.15) is 17.4 Å². The van der Waals surface area contributed by atoms with Gasteiger partial charge in [-0.2, -0.15) is 0 Å². The molecule has 0 unspecified atom stereocenters. The van der Waals surface area contributed by atoms with E-state index >= 15 is 0 Å². The van der Waals surface area contributed by atoms with Gasteiger partial charge in [-0.3, -0.25) is 4.79 Å². The number of benzene rings is 1. The second-order valence-electron chi connectivity index (χ2n) is 4.35. The Hall–Kier alpha value is -2.11. The summed E-state index contributed by atoms with van der Waals surface area (Å²) in [6.45, 7) is 1.45. The van der Waals surface area contributed by atoms with Crippen LogP contribution in [0.3, 0.4) is 0 Å². The van der Waals surface area contributed by atoms with Crippen molar-refractivity contribution < 1.29 is 14.3 Å². The highest BCUT2D eigenvalue weighted by Crippen LogP contribution is 2.29. The molecule has 0 spiro atoms. The summed E-state index contributed by atoms with van der Waals surface area (Å²) >= 11 is 11.8. The summed E-state index contributed by atoms with van der Waals surface area (Å²) in [5, 5.41) is 3.09. The minimum atomic E-state index is -1.01. The summed E-state index contributed by atoms with van der Waals surface area (Å²) < 4.78 is 5.05. The van der Waals surface area contributed by atoms with Crippen LogP contribution in [0.4, 0.5) is 5.69 Å². The number of hydrogen-bond donors (Lipinski definition) is 1. The zero-order valence-corrected chi connectivity index (χ0v) is 13.1. The summed E-state index contributed by atoms with van der Waals surface area (Å²) in [5.74, 6) is -1.20. The van der Waals surface area contributed by atoms with Gasteiger partial charge < -0.3 is 10.1 Å². The third-order valence-corrected chi connectivity index (χ3v) is 3.56. The molecule has 0 saturated carbocycles. The fourth-order valence-electron chi connectivity index (χ4n) is 1.59. The van der Waals surface area contributed by atoms with Gasteiger partial charge in [0.05, 0.1) is 15.7 Å². The summed E-state index contributed by atoms with van der Waals surface area (Å²) in [4.78, 5) is 27.7. The molecule has 7 heteroatoms. The number of halogens is 2. The molecule has 0 aliphatic rings. The van der Waals surface area contributed by atoms with Gasteiger partial charge in [0.1, 0.15) is 5.69 Å². The molecule has 1 atom stereocenters. The normalized spacial score (nSPS) is 11.6. The van der Waals surface area contributed by atoms with E-state index in [2.05, 4.69) is 10.3 Å². The van der Waals surface area contributed by atoms with E-state index in [9.17, 15) is 9.59 Å². The number of rotatable bonds is 4. The van der Waals surface area contributed by atoms with Gasteiger partial charge in [0.15, 0.2) is 6.10 Å². The molecule has 0 bridgehead atoms. The van der Waals surface area contributed by atoms with E-state index in [0.29, 0.717) is 10.7 Å². The predicted octanol–water partition coefficient (Wildman–Crippen LogP) is 3.57. The Morgan fingerprint density at radius 2 is 1.95 bits per heavy atom. The molecule has 114 valence electrons. The molecule has 0 saturated heterocycles.